The van der Waals surface area contributed by atoms with E-state index in [0.717, 1.165) is 57.8 Å². The van der Waals surface area contributed by atoms with Gasteiger partial charge in [0.1, 0.15) is 6.61 Å². The number of allylic oxidation sites excluding steroid dienone is 6. The summed E-state index contributed by atoms with van der Waals surface area (Å²) < 4.78 is 17.3. The van der Waals surface area contributed by atoms with Gasteiger partial charge in [-0.05, 0) is 64.2 Å². The molecule has 0 saturated carbocycles. The van der Waals surface area contributed by atoms with Crippen molar-refractivity contribution in [2.75, 3.05) is 41.0 Å². The Bertz CT molecular complexity index is 1090. The van der Waals surface area contributed by atoms with E-state index >= 15 is 0 Å². The lowest BCUT2D eigenvalue weighted by Gasteiger charge is -2.31. The zero-order valence-corrected chi connectivity index (χ0v) is 40.6. The van der Waals surface area contributed by atoms with E-state index in [1.54, 1.807) is 0 Å². The van der Waals surface area contributed by atoms with Crippen LogP contribution in [0.25, 0.3) is 0 Å². The molecule has 0 aliphatic heterocycles. The lowest BCUT2D eigenvalue weighted by Crippen LogP contribution is -2.50. The fourth-order valence-corrected chi connectivity index (χ4v) is 7.55. The van der Waals surface area contributed by atoms with Crippen LogP contribution < -0.4 is 0 Å². The first-order valence-electron chi connectivity index (χ1n) is 25.5. The molecule has 2 atom stereocenters. The molecule has 8 heteroatoms. The third-order valence-electron chi connectivity index (χ3n) is 11.5. The van der Waals surface area contributed by atoms with E-state index in [0.29, 0.717) is 19.3 Å². The van der Waals surface area contributed by atoms with E-state index in [1.165, 1.54) is 141 Å². The van der Waals surface area contributed by atoms with E-state index in [-0.39, 0.29) is 36.2 Å². The van der Waals surface area contributed by atoms with E-state index in [4.69, 9.17) is 14.2 Å². The summed E-state index contributed by atoms with van der Waals surface area (Å²) in [4.78, 5) is 37.1. The van der Waals surface area contributed by atoms with Gasteiger partial charge in [-0.3, -0.25) is 9.59 Å². The predicted octanol–water partition coefficient (Wildman–Crippen LogP) is 14.6. The number of hydrogen-bond donors (Lipinski definition) is 1. The molecule has 0 amide bonds. The molecule has 0 aliphatic carbocycles. The summed E-state index contributed by atoms with van der Waals surface area (Å²) in [6.45, 7) is 4.74. The van der Waals surface area contributed by atoms with Gasteiger partial charge >= 0.3 is 17.9 Å². The molecular formula is C53H98NO7+. The van der Waals surface area contributed by atoms with Crippen molar-refractivity contribution in [3.05, 3.63) is 36.5 Å². The molecule has 0 aromatic carbocycles. The predicted molar refractivity (Wildman–Crippen MR) is 257 cm³/mol. The zero-order valence-electron chi connectivity index (χ0n) is 40.6. The van der Waals surface area contributed by atoms with Gasteiger partial charge in [0.2, 0.25) is 0 Å². The molecule has 0 bridgehead atoms. The lowest BCUT2D eigenvalue weighted by molar-refractivity contribution is -0.887. The summed E-state index contributed by atoms with van der Waals surface area (Å²) in [6, 6.07) is -0.618. The molecule has 2 unspecified atom stereocenters. The van der Waals surface area contributed by atoms with Crippen LogP contribution in [0.5, 0.6) is 0 Å². The normalized spacial score (nSPS) is 13.1. The topological polar surface area (TPSA) is 99.1 Å². The van der Waals surface area contributed by atoms with Gasteiger partial charge in [-0.15, -0.1) is 0 Å². The van der Waals surface area contributed by atoms with Crippen LogP contribution in [0.2, 0.25) is 0 Å². The monoisotopic (exact) mass is 861 g/mol. The highest BCUT2D eigenvalue weighted by Gasteiger charge is 2.31. The van der Waals surface area contributed by atoms with Crippen molar-refractivity contribution in [3.63, 3.8) is 0 Å². The number of unbranched alkanes of at least 4 members (excludes halogenated alkanes) is 27. The molecule has 0 saturated heterocycles. The second kappa shape index (κ2) is 44.2. The Labute approximate surface area is 376 Å². The molecule has 356 valence electrons. The first-order chi connectivity index (χ1) is 29.6. The number of nitrogens with zero attached hydrogens (tertiary/aromatic N) is 1. The van der Waals surface area contributed by atoms with E-state index in [9.17, 15) is 19.5 Å². The van der Waals surface area contributed by atoms with Crippen LogP contribution in [0.1, 0.15) is 232 Å². The maximum absolute atomic E-state index is 12.8. The highest BCUT2D eigenvalue weighted by Crippen LogP contribution is 2.15. The lowest BCUT2D eigenvalue weighted by atomic mass is 10.1. The molecule has 1 N–H and O–H groups in total. The summed E-state index contributed by atoms with van der Waals surface area (Å²) in [5, 5.41) is 9.65. The van der Waals surface area contributed by atoms with Crippen LogP contribution in [0.15, 0.2) is 36.5 Å². The van der Waals surface area contributed by atoms with Crippen molar-refractivity contribution >= 4 is 17.9 Å². The summed E-state index contributed by atoms with van der Waals surface area (Å²) in [6.07, 6.45) is 51.9. The fourth-order valence-electron chi connectivity index (χ4n) is 7.55. The number of carbonyl (C=O) groups excluding carboxylic acids is 2. The fraction of sp³-hybridized carbons (Fsp3) is 0.830. The van der Waals surface area contributed by atoms with Crippen LogP contribution in [-0.2, 0) is 28.6 Å². The maximum Gasteiger partial charge on any atom is 0.362 e. The van der Waals surface area contributed by atoms with Crippen LogP contribution >= 0.6 is 0 Å². The maximum atomic E-state index is 12.8. The molecule has 0 rings (SSSR count). The Morgan fingerprint density at radius 2 is 0.869 bits per heavy atom. The molecule has 0 radical (unpaired) electrons. The molecule has 0 spiro atoms. The van der Waals surface area contributed by atoms with Crippen molar-refractivity contribution in [1.29, 1.82) is 0 Å². The molecule has 0 fully saturated rings. The molecule has 0 aliphatic rings. The van der Waals surface area contributed by atoms with Gasteiger partial charge in [0.15, 0.2) is 12.1 Å². The largest absolute Gasteiger partial charge is 0.477 e. The second-order valence-electron chi connectivity index (χ2n) is 18.4. The quantitative estimate of drug-likeness (QED) is 0.0214. The van der Waals surface area contributed by atoms with Crippen molar-refractivity contribution in [3.8, 4) is 0 Å². The van der Waals surface area contributed by atoms with Gasteiger partial charge in [0.25, 0.3) is 0 Å². The highest BCUT2D eigenvalue weighted by atomic mass is 16.6. The minimum Gasteiger partial charge on any atom is -0.477 e. The van der Waals surface area contributed by atoms with E-state index in [1.807, 2.05) is 21.1 Å². The number of rotatable bonds is 46. The Hall–Kier alpha value is -2.45. The van der Waals surface area contributed by atoms with Crippen molar-refractivity contribution in [1.82, 2.24) is 0 Å². The average Bonchev–Trinajstić information content (AvgIpc) is 3.22. The third-order valence-corrected chi connectivity index (χ3v) is 11.5. The first-order valence-corrected chi connectivity index (χ1v) is 25.5. The minimum atomic E-state index is -0.876. The number of likely N-dealkylation sites (N-methyl/N-ethyl adjacent to an activating group) is 1. The number of aliphatic carboxylic acids is 1. The molecule has 0 aromatic rings. The molecule has 61 heavy (non-hydrogen) atoms. The summed E-state index contributed by atoms with van der Waals surface area (Å²) in [5.41, 5.74) is 0. The highest BCUT2D eigenvalue weighted by molar-refractivity contribution is 5.72. The minimum absolute atomic E-state index is 0.0559. The Kier molecular flexibility index (Phi) is 42.4. The second-order valence-corrected chi connectivity index (χ2v) is 18.4. The van der Waals surface area contributed by atoms with Crippen molar-refractivity contribution < 1.29 is 38.2 Å². The van der Waals surface area contributed by atoms with Crippen molar-refractivity contribution in [2.24, 2.45) is 0 Å². The summed E-state index contributed by atoms with van der Waals surface area (Å²) in [7, 11) is 5.53. The third kappa shape index (κ3) is 42.6. The number of carboxylic acid groups (broad SMARTS) is 1. The number of hydrogen-bond acceptors (Lipinski definition) is 6. The molecule has 0 aromatic heterocycles. The smallest absolute Gasteiger partial charge is 0.362 e. The Morgan fingerprint density at radius 1 is 0.492 bits per heavy atom. The standard InChI is InChI=1S/C53H97NO7/c1-6-8-10-12-14-16-18-20-22-24-26-28-30-32-34-36-38-40-42-44-52(56)61-49(47-59-46-45-50(53(57)58)54(3,4)5)48-60-51(55)43-41-39-37-35-33-31-29-27-25-23-21-19-17-15-13-11-9-7-2/h23-27,29,49-50H,6-22,28,30-48H2,1-5H3/p+1/b25-23+,26-24+,29-27+. The van der Waals surface area contributed by atoms with Crippen molar-refractivity contribution in [2.45, 2.75) is 244 Å². The Morgan fingerprint density at radius 3 is 1.28 bits per heavy atom. The zero-order chi connectivity index (χ0) is 44.9. The van der Waals surface area contributed by atoms with Gasteiger partial charge in [-0.2, -0.15) is 0 Å². The number of quaternary nitrogens is 1. The number of esters is 2. The Balaban J connectivity index is 4.28. The molecular weight excluding hydrogens is 763 g/mol. The average molecular weight is 861 g/mol. The van der Waals surface area contributed by atoms with Crippen LogP contribution in [0.4, 0.5) is 0 Å². The number of carboxylic acids is 1. The van der Waals surface area contributed by atoms with Crippen LogP contribution in [-0.4, -0.2) is 80.6 Å². The number of ether oxygens (including phenoxy) is 3. The van der Waals surface area contributed by atoms with Gasteiger partial charge in [-0.25, -0.2) is 4.79 Å². The van der Waals surface area contributed by atoms with E-state index in [2.05, 4.69) is 50.3 Å². The SMILES string of the molecule is CCCCCCCCC/C=C/C=C/CCCCCCCC(=O)OCC(COCCC(C(=O)O)[N+](C)(C)C)OC(=O)CCCCCCCCC/C=C/CCCCCCCCCC. The van der Waals surface area contributed by atoms with Gasteiger partial charge in [0, 0.05) is 19.3 Å². The van der Waals surface area contributed by atoms with Gasteiger partial charge in [0.05, 0.1) is 34.4 Å². The van der Waals surface area contributed by atoms with Crippen LogP contribution in [0, 0.1) is 0 Å². The molecule has 0 heterocycles. The van der Waals surface area contributed by atoms with Crippen LogP contribution in [0.3, 0.4) is 0 Å². The summed E-state index contributed by atoms with van der Waals surface area (Å²) >= 11 is 0. The van der Waals surface area contributed by atoms with E-state index < -0.39 is 18.1 Å². The van der Waals surface area contributed by atoms with Gasteiger partial charge < -0.3 is 23.8 Å². The summed E-state index contributed by atoms with van der Waals surface area (Å²) in [5.74, 6) is -1.48. The first kappa shape index (κ1) is 58.6. The molecule has 8 nitrogen and oxygen atoms in total. The number of carbonyl (C=O) groups is 3. The van der Waals surface area contributed by atoms with Gasteiger partial charge in [-0.1, -0.05) is 185 Å².